The fourth-order valence-corrected chi connectivity index (χ4v) is 5.03. The summed E-state index contributed by atoms with van der Waals surface area (Å²) in [6.07, 6.45) is 3.11. The smallest absolute Gasteiger partial charge is 0.162 e. The number of fused-ring (bicyclic) bond motifs is 1. The fraction of sp³-hybridized carbons (Fsp3) is 0.393. The molecule has 1 fully saturated rings. The summed E-state index contributed by atoms with van der Waals surface area (Å²) in [4.78, 5) is 18.4. The van der Waals surface area contributed by atoms with Gasteiger partial charge in [0.1, 0.15) is 24.2 Å². The topological polar surface area (TPSA) is 107 Å². The molecule has 0 spiro atoms. The SMILES string of the molecule is COc1ccc(-c2c(C)c(Cl)cc(C(C)Nc3ncnc4[nH]cnc34)c2OCCN2CCOCC2)cc1OC. The van der Waals surface area contributed by atoms with Crippen molar-refractivity contribution in [3.8, 4) is 28.4 Å². The molecule has 5 rings (SSSR count). The third kappa shape index (κ3) is 5.73. The van der Waals surface area contributed by atoms with Gasteiger partial charge < -0.3 is 29.2 Å². The minimum absolute atomic E-state index is 0.213. The highest BCUT2D eigenvalue weighted by molar-refractivity contribution is 6.32. The van der Waals surface area contributed by atoms with Crippen LogP contribution in [0.5, 0.6) is 17.2 Å². The number of anilines is 1. The highest BCUT2D eigenvalue weighted by Crippen LogP contribution is 2.45. The van der Waals surface area contributed by atoms with Crippen molar-refractivity contribution in [2.24, 2.45) is 0 Å². The Labute approximate surface area is 232 Å². The summed E-state index contributed by atoms with van der Waals surface area (Å²) in [6.45, 7) is 8.62. The zero-order chi connectivity index (χ0) is 27.4. The molecule has 4 aromatic rings. The number of imidazole rings is 1. The number of aromatic amines is 1. The second kappa shape index (κ2) is 12.1. The van der Waals surface area contributed by atoms with E-state index in [2.05, 4.69) is 37.1 Å². The lowest BCUT2D eigenvalue weighted by Gasteiger charge is -2.28. The molecule has 0 saturated carbocycles. The standard InChI is InChI=1S/C28H33ClN6O4/c1-17-21(29)14-20(18(2)34-28-25-27(31-15-30-25)32-16-33-28)26(39-12-9-35-7-10-38-11-8-35)24(17)19-5-6-22(36-3)23(13-19)37-4/h5-6,13-16,18H,7-12H2,1-4H3,(H2,30,31,32,33,34). The third-order valence-corrected chi connectivity index (χ3v) is 7.36. The van der Waals surface area contributed by atoms with Crippen LogP contribution in [-0.2, 0) is 4.74 Å². The maximum atomic E-state index is 6.85. The number of hydrogen-bond acceptors (Lipinski definition) is 9. The molecular formula is C28H33ClN6O4. The number of aromatic nitrogens is 4. The van der Waals surface area contributed by atoms with Crippen LogP contribution in [0.25, 0.3) is 22.3 Å². The Morgan fingerprint density at radius 2 is 1.90 bits per heavy atom. The molecule has 10 nitrogen and oxygen atoms in total. The Morgan fingerprint density at radius 3 is 2.67 bits per heavy atom. The Bertz CT molecular complexity index is 1440. The Balaban J connectivity index is 1.55. The van der Waals surface area contributed by atoms with E-state index in [1.54, 1.807) is 20.5 Å². The van der Waals surface area contributed by atoms with Crippen molar-refractivity contribution >= 4 is 28.6 Å². The first-order chi connectivity index (χ1) is 19.0. The molecule has 206 valence electrons. The number of hydrogen-bond donors (Lipinski definition) is 2. The van der Waals surface area contributed by atoms with Crippen molar-refractivity contribution in [3.05, 3.63) is 53.1 Å². The first kappa shape index (κ1) is 27.0. The maximum Gasteiger partial charge on any atom is 0.162 e. The van der Waals surface area contributed by atoms with Gasteiger partial charge >= 0.3 is 0 Å². The summed E-state index contributed by atoms with van der Waals surface area (Å²) in [7, 11) is 3.25. The van der Waals surface area contributed by atoms with Crippen LogP contribution in [0, 0.1) is 6.92 Å². The van der Waals surface area contributed by atoms with Crippen LogP contribution in [-0.4, -0.2) is 78.5 Å². The average molecular weight is 553 g/mol. The zero-order valence-electron chi connectivity index (χ0n) is 22.6. The molecule has 1 atom stereocenters. The Hall–Kier alpha value is -3.60. The van der Waals surface area contributed by atoms with E-state index in [1.165, 1.54) is 6.33 Å². The summed E-state index contributed by atoms with van der Waals surface area (Å²) in [5.41, 5.74) is 4.96. The Morgan fingerprint density at radius 1 is 1.10 bits per heavy atom. The van der Waals surface area contributed by atoms with Gasteiger partial charge in [0.2, 0.25) is 0 Å². The van der Waals surface area contributed by atoms with Crippen molar-refractivity contribution in [2.75, 3.05) is 59.0 Å². The van der Waals surface area contributed by atoms with E-state index < -0.39 is 0 Å². The fourth-order valence-electron chi connectivity index (χ4n) is 4.82. The van der Waals surface area contributed by atoms with E-state index in [-0.39, 0.29) is 6.04 Å². The first-order valence-electron chi connectivity index (χ1n) is 12.9. The number of halogens is 1. The lowest BCUT2D eigenvalue weighted by atomic mass is 9.93. The lowest BCUT2D eigenvalue weighted by Crippen LogP contribution is -2.38. The number of ether oxygens (including phenoxy) is 4. The van der Waals surface area contributed by atoms with Gasteiger partial charge in [0.15, 0.2) is 23.0 Å². The van der Waals surface area contributed by atoms with Crippen LogP contribution in [0.15, 0.2) is 36.9 Å². The molecule has 1 unspecified atom stereocenters. The quantitative estimate of drug-likeness (QED) is 0.284. The normalized spacial score (nSPS) is 14.8. The number of nitrogens with zero attached hydrogens (tertiary/aromatic N) is 4. The molecule has 11 heteroatoms. The van der Waals surface area contributed by atoms with Crippen LogP contribution >= 0.6 is 11.6 Å². The highest BCUT2D eigenvalue weighted by Gasteiger charge is 2.24. The van der Waals surface area contributed by atoms with Gasteiger partial charge in [-0.3, -0.25) is 4.90 Å². The molecule has 1 aliphatic heterocycles. The van der Waals surface area contributed by atoms with Crippen molar-refractivity contribution in [1.29, 1.82) is 0 Å². The van der Waals surface area contributed by atoms with E-state index in [0.717, 1.165) is 60.9 Å². The monoisotopic (exact) mass is 552 g/mol. The zero-order valence-corrected chi connectivity index (χ0v) is 23.3. The number of benzene rings is 2. The number of nitrogens with one attached hydrogen (secondary N) is 2. The van der Waals surface area contributed by atoms with Crippen LogP contribution in [0.4, 0.5) is 5.82 Å². The minimum atomic E-state index is -0.213. The van der Waals surface area contributed by atoms with Gasteiger partial charge in [-0.05, 0) is 43.2 Å². The Kier molecular flexibility index (Phi) is 8.35. The molecule has 0 aliphatic carbocycles. The van der Waals surface area contributed by atoms with E-state index >= 15 is 0 Å². The van der Waals surface area contributed by atoms with Crippen LogP contribution < -0.4 is 19.5 Å². The van der Waals surface area contributed by atoms with Crippen molar-refractivity contribution in [2.45, 2.75) is 19.9 Å². The largest absolute Gasteiger partial charge is 0.493 e. The van der Waals surface area contributed by atoms with E-state index in [9.17, 15) is 0 Å². The maximum absolute atomic E-state index is 6.85. The molecule has 0 bridgehead atoms. The summed E-state index contributed by atoms with van der Waals surface area (Å²) < 4.78 is 23.2. The molecule has 2 N–H and O–H groups in total. The number of H-pyrrole nitrogens is 1. The van der Waals surface area contributed by atoms with Crippen molar-refractivity contribution in [1.82, 2.24) is 24.8 Å². The van der Waals surface area contributed by atoms with Gasteiger partial charge in [-0.15, -0.1) is 0 Å². The number of methoxy groups -OCH3 is 2. The van der Waals surface area contributed by atoms with E-state index in [1.807, 2.05) is 31.2 Å². The van der Waals surface area contributed by atoms with E-state index in [0.29, 0.717) is 40.1 Å². The number of morpholine rings is 1. The van der Waals surface area contributed by atoms with Crippen molar-refractivity contribution < 1.29 is 18.9 Å². The molecule has 0 amide bonds. The molecule has 1 aliphatic rings. The molecular weight excluding hydrogens is 520 g/mol. The molecule has 3 heterocycles. The van der Waals surface area contributed by atoms with Crippen LogP contribution in [0.3, 0.4) is 0 Å². The van der Waals surface area contributed by atoms with Gasteiger partial charge in [-0.1, -0.05) is 17.7 Å². The van der Waals surface area contributed by atoms with Gasteiger partial charge in [0.05, 0.1) is 39.8 Å². The van der Waals surface area contributed by atoms with Gasteiger partial charge in [0.25, 0.3) is 0 Å². The second-order valence-electron chi connectivity index (χ2n) is 9.34. The van der Waals surface area contributed by atoms with Gasteiger partial charge in [-0.2, -0.15) is 0 Å². The minimum Gasteiger partial charge on any atom is -0.493 e. The summed E-state index contributed by atoms with van der Waals surface area (Å²) in [5.74, 6) is 2.66. The van der Waals surface area contributed by atoms with Crippen LogP contribution in [0.1, 0.15) is 24.1 Å². The number of rotatable bonds is 10. The summed E-state index contributed by atoms with van der Waals surface area (Å²) >= 11 is 6.85. The third-order valence-electron chi connectivity index (χ3n) is 6.97. The molecule has 0 radical (unpaired) electrons. The molecule has 39 heavy (non-hydrogen) atoms. The molecule has 2 aromatic heterocycles. The van der Waals surface area contributed by atoms with Crippen LogP contribution in [0.2, 0.25) is 5.02 Å². The lowest BCUT2D eigenvalue weighted by molar-refractivity contribution is 0.0322. The predicted molar refractivity (Wildman–Crippen MR) is 151 cm³/mol. The van der Waals surface area contributed by atoms with Gasteiger partial charge in [-0.25, -0.2) is 15.0 Å². The highest BCUT2D eigenvalue weighted by atomic mass is 35.5. The summed E-state index contributed by atoms with van der Waals surface area (Å²) in [6, 6.07) is 7.59. The molecule has 1 saturated heterocycles. The van der Waals surface area contributed by atoms with Crippen molar-refractivity contribution in [3.63, 3.8) is 0 Å². The predicted octanol–water partition coefficient (Wildman–Crippen LogP) is 4.88. The van der Waals surface area contributed by atoms with E-state index in [4.69, 9.17) is 30.5 Å². The van der Waals surface area contributed by atoms with Gasteiger partial charge in [0, 0.05) is 35.8 Å². The molecule has 2 aromatic carbocycles. The summed E-state index contributed by atoms with van der Waals surface area (Å²) in [5, 5.41) is 4.13. The average Bonchev–Trinajstić information content (AvgIpc) is 3.45. The second-order valence-corrected chi connectivity index (χ2v) is 9.74. The first-order valence-corrected chi connectivity index (χ1v) is 13.3.